The second-order valence-electron chi connectivity index (χ2n) is 5.83. The predicted octanol–water partition coefficient (Wildman–Crippen LogP) is 5.45. The van der Waals surface area contributed by atoms with Crippen LogP contribution in [0.5, 0.6) is 0 Å². The molecule has 0 aliphatic rings. The Bertz CT molecular complexity index is 1030. The van der Waals surface area contributed by atoms with E-state index in [4.69, 9.17) is 10.4 Å². The van der Waals surface area contributed by atoms with E-state index in [1.807, 2.05) is 35.0 Å². The minimum absolute atomic E-state index is 0.646. The normalized spacial score (nSPS) is 10.6. The second kappa shape index (κ2) is 6.39. The fourth-order valence-corrected chi connectivity index (χ4v) is 3.45. The Morgan fingerprint density at radius 3 is 2.40 bits per heavy atom. The number of aromatic nitrogens is 2. The molecule has 2 aromatic heterocycles. The van der Waals surface area contributed by atoms with E-state index in [9.17, 15) is 0 Å². The molecule has 25 heavy (non-hydrogen) atoms. The van der Waals surface area contributed by atoms with Crippen molar-refractivity contribution < 1.29 is 0 Å². The summed E-state index contributed by atoms with van der Waals surface area (Å²) >= 11 is 1.69. The van der Waals surface area contributed by atoms with Gasteiger partial charge >= 0.3 is 0 Å². The van der Waals surface area contributed by atoms with Gasteiger partial charge in [0.05, 0.1) is 33.6 Å². The molecule has 3 nitrogen and oxygen atoms in total. The summed E-state index contributed by atoms with van der Waals surface area (Å²) in [7, 11) is 0. The smallest absolute Gasteiger partial charge is 0.0991 e. The van der Waals surface area contributed by atoms with Crippen molar-refractivity contribution in [3.8, 4) is 33.6 Å². The van der Waals surface area contributed by atoms with E-state index in [1.54, 1.807) is 11.3 Å². The van der Waals surface area contributed by atoms with E-state index in [2.05, 4.69) is 54.8 Å². The van der Waals surface area contributed by atoms with E-state index in [-0.39, 0.29) is 0 Å². The lowest BCUT2D eigenvalue weighted by molar-refractivity contribution is 0.893. The van der Waals surface area contributed by atoms with Gasteiger partial charge in [-0.1, -0.05) is 35.9 Å². The Hall–Kier alpha value is -3.16. The molecule has 0 saturated carbocycles. The van der Waals surface area contributed by atoms with Crippen molar-refractivity contribution in [2.75, 3.05) is 0 Å². The molecule has 2 aromatic carbocycles. The number of rotatable bonds is 3. The summed E-state index contributed by atoms with van der Waals surface area (Å²) in [5, 5.41) is 15.9. The average molecular weight is 341 g/mol. The number of thiophene rings is 1. The lowest BCUT2D eigenvalue weighted by Crippen LogP contribution is -1.98. The summed E-state index contributed by atoms with van der Waals surface area (Å²) in [5.74, 6) is 0. The van der Waals surface area contributed by atoms with Crippen LogP contribution in [0, 0.1) is 18.3 Å². The summed E-state index contributed by atoms with van der Waals surface area (Å²) in [6.07, 6.45) is 0. The van der Waals surface area contributed by atoms with Crippen molar-refractivity contribution in [3.05, 3.63) is 83.2 Å². The fraction of sp³-hybridized carbons (Fsp3) is 0.0476. The molecule has 0 atom stereocenters. The molecule has 0 saturated heterocycles. The monoisotopic (exact) mass is 341 g/mol. The van der Waals surface area contributed by atoms with Crippen molar-refractivity contribution in [2.45, 2.75) is 6.92 Å². The number of benzene rings is 2. The number of aryl methyl sites for hydroxylation is 1. The average Bonchev–Trinajstić information content (AvgIpc) is 3.32. The molecule has 0 N–H and O–H groups in total. The zero-order valence-corrected chi connectivity index (χ0v) is 14.5. The van der Waals surface area contributed by atoms with Crippen LogP contribution < -0.4 is 0 Å². The Balaban J connectivity index is 1.86. The fourth-order valence-electron chi connectivity index (χ4n) is 2.72. The molecule has 120 valence electrons. The number of nitriles is 1. The molecule has 0 bridgehead atoms. The highest BCUT2D eigenvalue weighted by molar-refractivity contribution is 7.13. The van der Waals surface area contributed by atoms with E-state index in [0.717, 1.165) is 27.5 Å². The van der Waals surface area contributed by atoms with Gasteiger partial charge in [0.15, 0.2) is 0 Å². The van der Waals surface area contributed by atoms with Crippen molar-refractivity contribution in [3.63, 3.8) is 0 Å². The summed E-state index contributed by atoms with van der Waals surface area (Å²) in [4.78, 5) is 1.16. The molecular formula is C21H15N3S. The molecule has 0 aliphatic heterocycles. The van der Waals surface area contributed by atoms with Gasteiger partial charge in [0.2, 0.25) is 0 Å². The first-order chi connectivity index (χ1) is 12.2. The topological polar surface area (TPSA) is 41.6 Å². The van der Waals surface area contributed by atoms with Gasteiger partial charge in [-0.05, 0) is 48.7 Å². The first-order valence-corrected chi connectivity index (χ1v) is 8.84. The number of hydrogen-bond donors (Lipinski definition) is 0. The van der Waals surface area contributed by atoms with E-state index >= 15 is 0 Å². The highest BCUT2D eigenvalue weighted by Crippen LogP contribution is 2.31. The summed E-state index contributed by atoms with van der Waals surface area (Å²) in [5.41, 5.74) is 5.90. The Kier molecular flexibility index (Phi) is 3.93. The van der Waals surface area contributed by atoms with Gasteiger partial charge in [0.25, 0.3) is 0 Å². The maximum Gasteiger partial charge on any atom is 0.0991 e. The molecule has 0 aliphatic carbocycles. The third-order valence-corrected chi connectivity index (χ3v) is 4.96. The third kappa shape index (κ3) is 2.98. The maximum absolute atomic E-state index is 9.01. The molecule has 2 heterocycles. The largest absolute Gasteiger partial charge is 0.232 e. The second-order valence-corrected chi connectivity index (χ2v) is 6.78. The quantitative estimate of drug-likeness (QED) is 0.497. The third-order valence-electron chi connectivity index (χ3n) is 4.07. The van der Waals surface area contributed by atoms with E-state index in [0.29, 0.717) is 5.56 Å². The SMILES string of the molecule is Cc1ccc(-c2cc(-c3cccs3)n(-c3ccc(C#N)cc3)n2)cc1. The minimum Gasteiger partial charge on any atom is -0.232 e. The van der Waals surface area contributed by atoms with Gasteiger partial charge in [0.1, 0.15) is 0 Å². The first-order valence-electron chi connectivity index (χ1n) is 7.96. The Morgan fingerprint density at radius 1 is 1.00 bits per heavy atom. The van der Waals surface area contributed by atoms with Crippen LogP contribution in [0.25, 0.3) is 27.5 Å². The van der Waals surface area contributed by atoms with E-state index < -0.39 is 0 Å². The van der Waals surface area contributed by atoms with Crippen LogP contribution >= 0.6 is 11.3 Å². The van der Waals surface area contributed by atoms with Crippen molar-refractivity contribution in [1.82, 2.24) is 9.78 Å². The molecule has 0 spiro atoms. The van der Waals surface area contributed by atoms with Gasteiger partial charge in [-0.25, -0.2) is 4.68 Å². The molecule has 4 aromatic rings. The molecule has 4 rings (SSSR count). The van der Waals surface area contributed by atoms with Crippen LogP contribution in [0.2, 0.25) is 0 Å². The van der Waals surface area contributed by atoms with Gasteiger partial charge in [0, 0.05) is 5.56 Å². The van der Waals surface area contributed by atoms with Crippen LogP contribution in [-0.2, 0) is 0 Å². The minimum atomic E-state index is 0.646. The molecule has 0 radical (unpaired) electrons. The standard InChI is InChI=1S/C21H15N3S/c1-15-4-8-17(9-5-15)19-13-20(21-3-2-12-25-21)24(23-19)18-10-6-16(14-22)7-11-18/h2-13H,1H3. The van der Waals surface area contributed by atoms with E-state index in [1.165, 1.54) is 5.56 Å². The van der Waals surface area contributed by atoms with Crippen LogP contribution in [0.4, 0.5) is 0 Å². The number of hydrogen-bond acceptors (Lipinski definition) is 3. The predicted molar refractivity (Wildman–Crippen MR) is 102 cm³/mol. The van der Waals surface area contributed by atoms with Gasteiger partial charge in [-0.15, -0.1) is 11.3 Å². The van der Waals surface area contributed by atoms with Gasteiger partial charge in [-0.2, -0.15) is 10.4 Å². The Labute approximate surface area is 150 Å². The van der Waals surface area contributed by atoms with Crippen molar-refractivity contribution in [2.24, 2.45) is 0 Å². The first kappa shape index (κ1) is 15.4. The Morgan fingerprint density at radius 2 is 1.76 bits per heavy atom. The van der Waals surface area contributed by atoms with Crippen LogP contribution in [0.3, 0.4) is 0 Å². The summed E-state index contributed by atoms with van der Waals surface area (Å²) in [6, 6.07) is 24.3. The molecular weight excluding hydrogens is 326 g/mol. The van der Waals surface area contributed by atoms with Crippen molar-refractivity contribution in [1.29, 1.82) is 5.26 Å². The lowest BCUT2D eigenvalue weighted by atomic mass is 10.1. The maximum atomic E-state index is 9.01. The molecule has 0 fully saturated rings. The van der Waals surface area contributed by atoms with Gasteiger partial charge in [-0.3, -0.25) is 0 Å². The van der Waals surface area contributed by atoms with Crippen LogP contribution in [0.15, 0.2) is 72.1 Å². The lowest BCUT2D eigenvalue weighted by Gasteiger charge is -2.06. The molecule has 0 amide bonds. The number of nitrogens with zero attached hydrogens (tertiary/aromatic N) is 3. The van der Waals surface area contributed by atoms with Crippen LogP contribution in [0.1, 0.15) is 11.1 Å². The zero-order valence-electron chi connectivity index (χ0n) is 13.7. The molecule has 0 unspecified atom stereocenters. The summed E-state index contributed by atoms with van der Waals surface area (Å²) < 4.78 is 1.95. The molecule has 4 heteroatoms. The van der Waals surface area contributed by atoms with Gasteiger partial charge < -0.3 is 0 Å². The highest BCUT2D eigenvalue weighted by atomic mass is 32.1. The highest BCUT2D eigenvalue weighted by Gasteiger charge is 2.13. The zero-order chi connectivity index (χ0) is 17.2. The van der Waals surface area contributed by atoms with Crippen molar-refractivity contribution >= 4 is 11.3 Å². The van der Waals surface area contributed by atoms with Crippen LogP contribution in [-0.4, -0.2) is 9.78 Å². The summed E-state index contributed by atoms with van der Waals surface area (Å²) in [6.45, 7) is 2.08.